The Labute approximate surface area is 130 Å². The average molecular weight is 322 g/mol. The minimum atomic E-state index is 0.0406. The lowest BCUT2D eigenvalue weighted by Gasteiger charge is -2.14. The third-order valence-corrected chi connectivity index (χ3v) is 3.01. The third kappa shape index (κ3) is 6.29. The van der Waals surface area contributed by atoms with E-state index >= 15 is 0 Å². The quantitative estimate of drug-likeness (QED) is 0.651. The fourth-order valence-electron chi connectivity index (χ4n) is 1.64. The molecule has 2 N–H and O–H groups in total. The summed E-state index contributed by atoms with van der Waals surface area (Å²) in [5.41, 5.74) is 0.929. The number of rotatable bonds is 10. The molecule has 0 heterocycles. The van der Waals surface area contributed by atoms with Crippen LogP contribution in [-0.2, 0) is 11.3 Å². The fourth-order valence-corrected chi connectivity index (χ4v) is 2.23. The van der Waals surface area contributed by atoms with Gasteiger partial charge in [-0.15, -0.1) is 0 Å². The standard InChI is InChI=1S/C14H21Cl2NO3/c1-2-5-20-14-11(8-12(15)9-13(14)16)10-17-3-6-19-7-4-18/h8-9,17-18H,2-7,10H2,1H3. The van der Waals surface area contributed by atoms with Gasteiger partial charge in [-0.1, -0.05) is 30.1 Å². The molecular formula is C14H21Cl2NO3. The zero-order valence-corrected chi connectivity index (χ0v) is 13.1. The van der Waals surface area contributed by atoms with E-state index in [0.717, 1.165) is 12.0 Å². The highest BCUT2D eigenvalue weighted by atomic mass is 35.5. The first-order chi connectivity index (χ1) is 9.69. The molecule has 0 aromatic heterocycles. The summed E-state index contributed by atoms with van der Waals surface area (Å²) in [6.07, 6.45) is 0.917. The van der Waals surface area contributed by atoms with Gasteiger partial charge in [0.05, 0.1) is 31.5 Å². The van der Waals surface area contributed by atoms with E-state index in [0.29, 0.717) is 48.7 Å². The van der Waals surface area contributed by atoms with Crippen molar-refractivity contribution in [1.82, 2.24) is 5.32 Å². The molecule has 0 unspecified atom stereocenters. The van der Waals surface area contributed by atoms with E-state index in [2.05, 4.69) is 5.32 Å². The molecule has 1 rings (SSSR count). The molecule has 0 atom stereocenters. The molecular weight excluding hydrogens is 301 g/mol. The average Bonchev–Trinajstić information content (AvgIpc) is 2.41. The van der Waals surface area contributed by atoms with Crippen LogP contribution in [-0.4, -0.2) is 38.1 Å². The lowest BCUT2D eigenvalue weighted by Crippen LogP contribution is -2.20. The van der Waals surface area contributed by atoms with Crippen molar-refractivity contribution in [2.24, 2.45) is 0 Å². The Kier molecular flexibility index (Phi) is 8.98. The maximum absolute atomic E-state index is 8.59. The predicted molar refractivity (Wildman–Crippen MR) is 81.9 cm³/mol. The molecule has 0 amide bonds. The minimum absolute atomic E-state index is 0.0406. The highest BCUT2D eigenvalue weighted by Crippen LogP contribution is 2.32. The van der Waals surface area contributed by atoms with Gasteiger partial charge in [0.25, 0.3) is 0 Å². The SMILES string of the molecule is CCCOc1c(Cl)cc(Cl)cc1CNCCOCCO. The Morgan fingerprint density at radius 2 is 2.00 bits per heavy atom. The minimum Gasteiger partial charge on any atom is -0.492 e. The molecule has 4 nitrogen and oxygen atoms in total. The van der Waals surface area contributed by atoms with Crippen molar-refractivity contribution < 1.29 is 14.6 Å². The van der Waals surface area contributed by atoms with Crippen molar-refractivity contribution in [3.63, 3.8) is 0 Å². The van der Waals surface area contributed by atoms with Gasteiger partial charge < -0.3 is 19.9 Å². The number of hydrogen-bond donors (Lipinski definition) is 2. The molecule has 0 aliphatic heterocycles. The van der Waals surface area contributed by atoms with Gasteiger partial charge in [-0.3, -0.25) is 0 Å². The van der Waals surface area contributed by atoms with E-state index < -0.39 is 0 Å². The summed E-state index contributed by atoms with van der Waals surface area (Å²) < 4.78 is 10.8. The van der Waals surface area contributed by atoms with Gasteiger partial charge in [-0.05, 0) is 18.6 Å². The molecule has 0 radical (unpaired) electrons. The molecule has 0 spiro atoms. The van der Waals surface area contributed by atoms with Crippen molar-refractivity contribution in [3.8, 4) is 5.75 Å². The number of ether oxygens (including phenoxy) is 2. The molecule has 6 heteroatoms. The van der Waals surface area contributed by atoms with Gasteiger partial charge in [0.2, 0.25) is 0 Å². The van der Waals surface area contributed by atoms with Crippen molar-refractivity contribution in [3.05, 3.63) is 27.7 Å². The van der Waals surface area contributed by atoms with Gasteiger partial charge in [0.15, 0.2) is 0 Å². The van der Waals surface area contributed by atoms with E-state index in [1.807, 2.05) is 13.0 Å². The summed E-state index contributed by atoms with van der Waals surface area (Å²) in [6.45, 7) is 4.88. The van der Waals surface area contributed by atoms with Gasteiger partial charge in [-0.2, -0.15) is 0 Å². The second kappa shape index (κ2) is 10.2. The summed E-state index contributed by atoms with van der Waals surface area (Å²) in [4.78, 5) is 0. The van der Waals surface area contributed by atoms with Crippen molar-refractivity contribution in [1.29, 1.82) is 0 Å². The Morgan fingerprint density at radius 1 is 1.20 bits per heavy atom. The fraction of sp³-hybridized carbons (Fsp3) is 0.571. The zero-order valence-electron chi connectivity index (χ0n) is 11.6. The van der Waals surface area contributed by atoms with Crippen molar-refractivity contribution in [2.75, 3.05) is 33.0 Å². The largest absolute Gasteiger partial charge is 0.492 e. The van der Waals surface area contributed by atoms with Gasteiger partial charge in [-0.25, -0.2) is 0 Å². The summed E-state index contributed by atoms with van der Waals surface area (Å²) in [5.74, 6) is 0.682. The van der Waals surface area contributed by atoms with Gasteiger partial charge in [0, 0.05) is 23.7 Å². The predicted octanol–water partition coefficient (Wildman–Crippen LogP) is 2.88. The molecule has 0 saturated heterocycles. The van der Waals surface area contributed by atoms with Gasteiger partial charge >= 0.3 is 0 Å². The topological polar surface area (TPSA) is 50.7 Å². The first-order valence-electron chi connectivity index (χ1n) is 6.69. The van der Waals surface area contributed by atoms with Gasteiger partial charge in [0.1, 0.15) is 5.75 Å². The van der Waals surface area contributed by atoms with Crippen LogP contribution in [0.1, 0.15) is 18.9 Å². The van der Waals surface area contributed by atoms with Crippen LogP contribution in [0, 0.1) is 0 Å². The summed E-state index contributed by atoms with van der Waals surface area (Å²) >= 11 is 12.2. The van der Waals surface area contributed by atoms with E-state index in [1.54, 1.807) is 6.07 Å². The van der Waals surface area contributed by atoms with Crippen LogP contribution in [0.3, 0.4) is 0 Å². The van der Waals surface area contributed by atoms with E-state index in [1.165, 1.54) is 0 Å². The molecule has 0 aliphatic carbocycles. The van der Waals surface area contributed by atoms with Crippen LogP contribution in [0.5, 0.6) is 5.75 Å². The lowest BCUT2D eigenvalue weighted by atomic mass is 10.2. The number of aliphatic hydroxyl groups excluding tert-OH is 1. The Balaban J connectivity index is 2.53. The Bertz CT molecular complexity index is 402. The normalized spacial score (nSPS) is 10.8. The smallest absolute Gasteiger partial charge is 0.142 e. The number of hydrogen-bond acceptors (Lipinski definition) is 4. The summed E-state index contributed by atoms with van der Waals surface area (Å²) in [6, 6.07) is 3.53. The number of aliphatic hydroxyl groups is 1. The van der Waals surface area contributed by atoms with Crippen LogP contribution >= 0.6 is 23.2 Å². The molecule has 0 fully saturated rings. The highest BCUT2D eigenvalue weighted by Gasteiger charge is 2.10. The maximum atomic E-state index is 8.59. The Hall–Kier alpha value is -0.520. The van der Waals surface area contributed by atoms with E-state index in [4.69, 9.17) is 37.8 Å². The van der Waals surface area contributed by atoms with Crippen LogP contribution < -0.4 is 10.1 Å². The second-order valence-electron chi connectivity index (χ2n) is 4.24. The van der Waals surface area contributed by atoms with Crippen LogP contribution in [0.2, 0.25) is 10.0 Å². The highest BCUT2D eigenvalue weighted by molar-refractivity contribution is 6.35. The molecule has 20 heavy (non-hydrogen) atoms. The molecule has 114 valence electrons. The summed E-state index contributed by atoms with van der Waals surface area (Å²) in [5, 5.41) is 12.9. The van der Waals surface area contributed by atoms with Crippen molar-refractivity contribution in [2.45, 2.75) is 19.9 Å². The van der Waals surface area contributed by atoms with E-state index in [9.17, 15) is 0 Å². The molecule has 1 aromatic carbocycles. The molecule has 0 aliphatic rings. The zero-order chi connectivity index (χ0) is 14.8. The van der Waals surface area contributed by atoms with E-state index in [-0.39, 0.29) is 6.61 Å². The second-order valence-corrected chi connectivity index (χ2v) is 5.08. The number of benzene rings is 1. The lowest BCUT2D eigenvalue weighted by molar-refractivity contribution is 0.0937. The number of halogens is 2. The maximum Gasteiger partial charge on any atom is 0.142 e. The first-order valence-corrected chi connectivity index (χ1v) is 7.44. The third-order valence-electron chi connectivity index (χ3n) is 2.51. The molecule has 1 aromatic rings. The monoisotopic (exact) mass is 321 g/mol. The molecule has 0 saturated carbocycles. The number of nitrogens with one attached hydrogen (secondary N) is 1. The summed E-state index contributed by atoms with van der Waals surface area (Å²) in [7, 11) is 0. The van der Waals surface area contributed by atoms with Crippen molar-refractivity contribution >= 4 is 23.2 Å². The van der Waals surface area contributed by atoms with Crippen LogP contribution in [0.4, 0.5) is 0 Å². The van der Waals surface area contributed by atoms with Crippen LogP contribution in [0.25, 0.3) is 0 Å². The first kappa shape index (κ1) is 17.5. The Morgan fingerprint density at radius 3 is 2.70 bits per heavy atom. The van der Waals surface area contributed by atoms with Crippen LogP contribution in [0.15, 0.2) is 12.1 Å². The molecule has 0 bridgehead atoms.